The Bertz CT molecular complexity index is 1040. The zero-order valence-corrected chi connectivity index (χ0v) is 20.6. The van der Waals surface area contributed by atoms with Gasteiger partial charge in [0.2, 0.25) is 15.9 Å². The Morgan fingerprint density at radius 2 is 1.61 bits per heavy atom. The van der Waals surface area contributed by atoms with Gasteiger partial charge in [-0.05, 0) is 73.6 Å². The molecule has 170 valence electrons. The average molecular weight is 447 g/mol. The van der Waals surface area contributed by atoms with Crippen molar-refractivity contribution in [1.29, 1.82) is 0 Å². The van der Waals surface area contributed by atoms with Crippen molar-refractivity contribution < 1.29 is 17.9 Å². The average Bonchev–Trinajstić information content (AvgIpc) is 2.65. The lowest BCUT2D eigenvalue weighted by molar-refractivity contribution is -0.120. The van der Waals surface area contributed by atoms with E-state index in [1.807, 2.05) is 52.0 Å². The topological polar surface area (TPSA) is 75.7 Å². The molecule has 0 saturated heterocycles. The summed E-state index contributed by atoms with van der Waals surface area (Å²) in [4.78, 5) is 12.9. The van der Waals surface area contributed by atoms with E-state index in [1.165, 1.54) is 4.31 Å². The second-order valence-corrected chi connectivity index (χ2v) is 10.3. The monoisotopic (exact) mass is 446 g/mol. The van der Waals surface area contributed by atoms with Gasteiger partial charge in [-0.3, -0.25) is 9.10 Å². The van der Waals surface area contributed by atoms with Gasteiger partial charge >= 0.3 is 0 Å². The number of benzene rings is 2. The van der Waals surface area contributed by atoms with E-state index in [9.17, 15) is 13.2 Å². The summed E-state index contributed by atoms with van der Waals surface area (Å²) >= 11 is 0. The summed E-state index contributed by atoms with van der Waals surface area (Å²) in [5, 5.41) is 2.97. The standard InChI is InChI=1S/C24H34N2O4S/c1-15(2)20-13-21(18(5)12-22(20)30-7)19(6)25-23(27)14-26(31(8,28)29)24-16(3)10-9-11-17(24)4/h9-13,15,19H,14H2,1-8H3,(H,25,27)/t19-/m1/s1. The molecule has 0 fully saturated rings. The Labute approximate surface area is 186 Å². The summed E-state index contributed by atoms with van der Waals surface area (Å²) in [6.07, 6.45) is 1.12. The molecule has 0 spiro atoms. The molecule has 0 unspecified atom stereocenters. The van der Waals surface area contributed by atoms with Crippen molar-refractivity contribution in [2.75, 3.05) is 24.2 Å². The van der Waals surface area contributed by atoms with Crippen LogP contribution in [0.15, 0.2) is 30.3 Å². The maximum atomic E-state index is 12.9. The minimum atomic E-state index is -3.64. The fraction of sp³-hybridized carbons (Fsp3) is 0.458. The number of hydrogen-bond donors (Lipinski definition) is 1. The van der Waals surface area contributed by atoms with Gasteiger partial charge in [0, 0.05) is 0 Å². The number of anilines is 1. The molecule has 2 aromatic rings. The molecule has 0 aliphatic carbocycles. The van der Waals surface area contributed by atoms with Crippen LogP contribution in [-0.4, -0.2) is 34.2 Å². The Morgan fingerprint density at radius 3 is 2.10 bits per heavy atom. The number of rotatable bonds is 8. The van der Waals surface area contributed by atoms with E-state index in [2.05, 4.69) is 25.2 Å². The minimum absolute atomic E-state index is 0.266. The lowest BCUT2D eigenvalue weighted by Gasteiger charge is -2.27. The van der Waals surface area contributed by atoms with Gasteiger partial charge in [0.25, 0.3) is 0 Å². The van der Waals surface area contributed by atoms with Crippen LogP contribution in [-0.2, 0) is 14.8 Å². The first-order valence-corrected chi connectivity index (χ1v) is 12.2. The first-order valence-electron chi connectivity index (χ1n) is 10.4. The number of carbonyl (C=O) groups is 1. The van der Waals surface area contributed by atoms with Gasteiger partial charge in [-0.2, -0.15) is 0 Å². The van der Waals surface area contributed by atoms with Crippen molar-refractivity contribution >= 4 is 21.6 Å². The van der Waals surface area contributed by atoms with E-state index in [-0.39, 0.29) is 24.4 Å². The van der Waals surface area contributed by atoms with Crippen LogP contribution >= 0.6 is 0 Å². The second kappa shape index (κ2) is 9.73. The molecule has 0 heterocycles. The quantitative estimate of drug-likeness (QED) is 0.653. The van der Waals surface area contributed by atoms with Crippen LogP contribution in [0.2, 0.25) is 0 Å². The molecule has 31 heavy (non-hydrogen) atoms. The van der Waals surface area contributed by atoms with Crippen molar-refractivity contribution in [2.24, 2.45) is 0 Å². The summed E-state index contributed by atoms with van der Waals surface area (Å²) in [6.45, 7) is 11.5. The third-order valence-corrected chi connectivity index (χ3v) is 6.57. The second-order valence-electron chi connectivity index (χ2n) is 8.40. The molecule has 7 heteroatoms. The van der Waals surface area contributed by atoms with Crippen molar-refractivity contribution in [3.8, 4) is 5.75 Å². The number of nitrogens with zero attached hydrogens (tertiary/aromatic N) is 1. The molecule has 1 N–H and O–H groups in total. The molecule has 0 saturated carbocycles. The molecule has 0 aromatic heterocycles. The fourth-order valence-corrected chi connectivity index (χ4v) is 4.84. The largest absolute Gasteiger partial charge is 0.496 e. The van der Waals surface area contributed by atoms with E-state index in [1.54, 1.807) is 7.11 Å². The molecule has 0 radical (unpaired) electrons. The number of para-hydroxylation sites is 1. The van der Waals surface area contributed by atoms with E-state index in [0.717, 1.165) is 39.8 Å². The maximum absolute atomic E-state index is 12.9. The molecule has 0 bridgehead atoms. The molecule has 0 aliphatic rings. The lowest BCUT2D eigenvalue weighted by Crippen LogP contribution is -2.41. The van der Waals surface area contributed by atoms with Crippen LogP contribution in [0.5, 0.6) is 5.75 Å². The zero-order chi connectivity index (χ0) is 23.5. The SMILES string of the molecule is COc1cc(C)c([C@@H](C)NC(=O)CN(c2c(C)cccc2C)S(C)(=O)=O)cc1C(C)C. The van der Waals surface area contributed by atoms with Gasteiger partial charge in [0.05, 0.1) is 25.1 Å². The molecule has 1 amide bonds. The molecular formula is C24H34N2O4S. The summed E-state index contributed by atoms with van der Waals surface area (Å²) in [6, 6.07) is 9.31. The van der Waals surface area contributed by atoms with Gasteiger partial charge in [-0.15, -0.1) is 0 Å². The first kappa shape index (κ1) is 24.7. The first-order chi connectivity index (χ1) is 14.4. The van der Waals surface area contributed by atoms with Crippen molar-refractivity contribution in [3.63, 3.8) is 0 Å². The molecule has 2 aromatic carbocycles. The molecule has 1 atom stereocenters. The predicted molar refractivity (Wildman–Crippen MR) is 126 cm³/mol. The number of carbonyl (C=O) groups excluding carboxylic acids is 1. The molecule has 2 rings (SSSR count). The fourth-order valence-electron chi connectivity index (χ4n) is 3.87. The molecule has 0 aliphatic heterocycles. The zero-order valence-electron chi connectivity index (χ0n) is 19.7. The Kier molecular flexibility index (Phi) is 7.76. The van der Waals surface area contributed by atoms with E-state index in [0.29, 0.717) is 5.69 Å². The van der Waals surface area contributed by atoms with Crippen molar-refractivity contribution in [3.05, 3.63) is 58.1 Å². The van der Waals surface area contributed by atoms with Crippen LogP contribution in [0.25, 0.3) is 0 Å². The number of methoxy groups -OCH3 is 1. The smallest absolute Gasteiger partial charge is 0.241 e. The highest BCUT2D eigenvalue weighted by Crippen LogP contribution is 2.32. The number of nitrogens with one attached hydrogen (secondary N) is 1. The number of sulfonamides is 1. The maximum Gasteiger partial charge on any atom is 0.241 e. The number of aryl methyl sites for hydroxylation is 3. The highest BCUT2D eigenvalue weighted by Gasteiger charge is 2.25. The normalized spacial score (nSPS) is 12.5. The molecule has 6 nitrogen and oxygen atoms in total. The highest BCUT2D eigenvalue weighted by atomic mass is 32.2. The highest BCUT2D eigenvalue weighted by molar-refractivity contribution is 7.92. The summed E-state index contributed by atoms with van der Waals surface area (Å²) in [5.41, 5.74) is 5.21. The number of hydrogen-bond acceptors (Lipinski definition) is 4. The molecular weight excluding hydrogens is 412 g/mol. The van der Waals surface area contributed by atoms with Gasteiger partial charge < -0.3 is 10.1 Å². The summed E-state index contributed by atoms with van der Waals surface area (Å²) in [7, 11) is -1.99. The Balaban J connectivity index is 2.31. The van der Waals surface area contributed by atoms with Crippen LogP contribution < -0.4 is 14.4 Å². The van der Waals surface area contributed by atoms with E-state index in [4.69, 9.17) is 4.74 Å². The van der Waals surface area contributed by atoms with E-state index < -0.39 is 10.0 Å². The van der Waals surface area contributed by atoms with Crippen LogP contribution in [0, 0.1) is 20.8 Å². The Morgan fingerprint density at radius 1 is 1.03 bits per heavy atom. The van der Waals surface area contributed by atoms with E-state index >= 15 is 0 Å². The van der Waals surface area contributed by atoms with Crippen LogP contribution in [0.4, 0.5) is 5.69 Å². The van der Waals surface area contributed by atoms with Crippen molar-refractivity contribution in [1.82, 2.24) is 5.32 Å². The number of amides is 1. The van der Waals surface area contributed by atoms with Gasteiger partial charge in [-0.25, -0.2) is 8.42 Å². The van der Waals surface area contributed by atoms with Gasteiger partial charge in [-0.1, -0.05) is 32.0 Å². The predicted octanol–water partition coefficient (Wildman–Crippen LogP) is 4.39. The minimum Gasteiger partial charge on any atom is -0.496 e. The van der Waals surface area contributed by atoms with Crippen LogP contribution in [0.1, 0.15) is 60.5 Å². The number of ether oxygens (including phenoxy) is 1. The summed E-state index contributed by atoms with van der Waals surface area (Å²) in [5.74, 6) is 0.733. The van der Waals surface area contributed by atoms with Gasteiger partial charge in [0.1, 0.15) is 12.3 Å². The lowest BCUT2D eigenvalue weighted by atomic mass is 9.93. The van der Waals surface area contributed by atoms with Crippen molar-refractivity contribution in [2.45, 2.75) is 53.5 Å². The third-order valence-electron chi connectivity index (χ3n) is 5.46. The Hall–Kier alpha value is -2.54. The third kappa shape index (κ3) is 5.79. The van der Waals surface area contributed by atoms with Gasteiger partial charge in [0.15, 0.2) is 0 Å². The van der Waals surface area contributed by atoms with Crippen LogP contribution in [0.3, 0.4) is 0 Å². The summed E-state index contributed by atoms with van der Waals surface area (Å²) < 4.78 is 31.7.